The van der Waals surface area contributed by atoms with Crippen molar-refractivity contribution in [1.82, 2.24) is 5.32 Å². The van der Waals surface area contributed by atoms with Crippen LogP contribution in [0.2, 0.25) is 0 Å². The first kappa shape index (κ1) is 16.2. The molecule has 1 N–H and O–H groups in total. The molecule has 1 rings (SSSR count). The minimum atomic E-state index is -2.84. The Morgan fingerprint density at radius 2 is 1.84 bits per heavy atom. The van der Waals surface area contributed by atoms with Crippen molar-refractivity contribution in [3.05, 3.63) is 35.4 Å². The molecule has 0 radical (unpaired) electrons. The van der Waals surface area contributed by atoms with Crippen molar-refractivity contribution in [3.8, 4) is 0 Å². The van der Waals surface area contributed by atoms with Crippen LogP contribution < -0.4 is 5.32 Å². The Balaban J connectivity index is 2.38. The molecule has 0 saturated heterocycles. The molecule has 1 aromatic carbocycles. The first-order valence-corrected chi connectivity index (χ1v) is 8.98. The number of rotatable bonds is 8. The van der Waals surface area contributed by atoms with Gasteiger partial charge in [0, 0.05) is 12.3 Å². The summed E-state index contributed by atoms with van der Waals surface area (Å²) in [5.41, 5.74) is 2.62. The van der Waals surface area contributed by atoms with Crippen molar-refractivity contribution in [3.63, 3.8) is 0 Å². The molecular formula is C15H25NO2S. The van der Waals surface area contributed by atoms with Gasteiger partial charge < -0.3 is 5.32 Å². The third-order valence-electron chi connectivity index (χ3n) is 3.16. The van der Waals surface area contributed by atoms with Crippen molar-refractivity contribution in [1.29, 1.82) is 0 Å². The molecule has 1 unspecified atom stereocenters. The third-order valence-corrected chi connectivity index (χ3v) is 4.19. The fourth-order valence-electron chi connectivity index (χ4n) is 2.03. The highest BCUT2D eigenvalue weighted by atomic mass is 32.2. The lowest BCUT2D eigenvalue weighted by Crippen LogP contribution is -2.21. The maximum absolute atomic E-state index is 11.0. The van der Waals surface area contributed by atoms with Crippen LogP contribution >= 0.6 is 0 Å². The Hall–Kier alpha value is -0.870. The van der Waals surface area contributed by atoms with Gasteiger partial charge in [-0.3, -0.25) is 0 Å². The van der Waals surface area contributed by atoms with Gasteiger partial charge in [-0.25, -0.2) is 8.42 Å². The maximum Gasteiger partial charge on any atom is 0.147 e. The van der Waals surface area contributed by atoms with Crippen LogP contribution in [0, 0.1) is 0 Å². The Kier molecular flexibility index (Phi) is 6.52. The van der Waals surface area contributed by atoms with E-state index in [-0.39, 0.29) is 11.8 Å². The summed E-state index contributed by atoms with van der Waals surface area (Å²) in [4.78, 5) is 0. The second-order valence-electron chi connectivity index (χ2n) is 5.15. The van der Waals surface area contributed by atoms with Crippen molar-refractivity contribution in [2.45, 2.75) is 39.2 Å². The quantitative estimate of drug-likeness (QED) is 0.746. The summed E-state index contributed by atoms with van der Waals surface area (Å²) in [6.07, 6.45) is 4.23. The molecule has 0 aromatic heterocycles. The Morgan fingerprint density at radius 1 is 1.21 bits per heavy atom. The first-order chi connectivity index (χ1) is 8.92. The molecular weight excluding hydrogens is 258 g/mol. The van der Waals surface area contributed by atoms with Gasteiger partial charge in [0.15, 0.2) is 0 Å². The molecule has 0 aliphatic carbocycles. The topological polar surface area (TPSA) is 46.2 Å². The molecule has 0 fully saturated rings. The van der Waals surface area contributed by atoms with E-state index in [2.05, 4.69) is 43.4 Å². The first-order valence-electron chi connectivity index (χ1n) is 6.92. The van der Waals surface area contributed by atoms with Gasteiger partial charge in [0.25, 0.3) is 0 Å². The summed E-state index contributed by atoms with van der Waals surface area (Å²) in [5, 5.41) is 3.36. The lowest BCUT2D eigenvalue weighted by atomic mass is 10.0. The standard InChI is InChI=1S/C15H25NO2S/c1-4-6-14-7-9-15(10-8-14)13(2)16-11-5-12-19(3,17)18/h7-10,13,16H,4-6,11-12H2,1-3H3. The predicted molar refractivity (Wildman–Crippen MR) is 81.2 cm³/mol. The lowest BCUT2D eigenvalue weighted by Gasteiger charge is -2.14. The highest BCUT2D eigenvalue weighted by Crippen LogP contribution is 2.14. The summed E-state index contributed by atoms with van der Waals surface area (Å²) >= 11 is 0. The Morgan fingerprint density at radius 3 is 2.37 bits per heavy atom. The summed E-state index contributed by atoms with van der Waals surface area (Å²) < 4.78 is 22.0. The summed E-state index contributed by atoms with van der Waals surface area (Å²) in [6.45, 7) is 5.01. The van der Waals surface area contributed by atoms with Crippen LogP contribution in [0.15, 0.2) is 24.3 Å². The van der Waals surface area contributed by atoms with E-state index in [1.807, 2.05) is 0 Å². The normalized spacial score (nSPS) is 13.4. The smallest absolute Gasteiger partial charge is 0.147 e. The van der Waals surface area contributed by atoms with Gasteiger partial charge in [0.05, 0.1) is 5.75 Å². The molecule has 0 amide bonds. The molecule has 1 atom stereocenters. The predicted octanol–water partition coefficient (Wildman–Crippen LogP) is 2.72. The van der Waals surface area contributed by atoms with Crippen LogP contribution in [0.5, 0.6) is 0 Å². The van der Waals surface area contributed by atoms with E-state index in [1.165, 1.54) is 23.8 Å². The molecule has 19 heavy (non-hydrogen) atoms. The molecule has 0 aliphatic heterocycles. The third kappa shape index (κ3) is 6.73. The zero-order valence-corrected chi connectivity index (χ0v) is 13.0. The van der Waals surface area contributed by atoms with Crippen LogP contribution in [-0.2, 0) is 16.3 Å². The number of hydrogen-bond donors (Lipinski definition) is 1. The Bertz CT molecular complexity index is 465. The van der Waals surface area contributed by atoms with E-state index >= 15 is 0 Å². The highest BCUT2D eigenvalue weighted by molar-refractivity contribution is 7.90. The second-order valence-corrected chi connectivity index (χ2v) is 7.41. The molecule has 0 heterocycles. The van der Waals surface area contributed by atoms with Crippen LogP contribution in [0.3, 0.4) is 0 Å². The van der Waals surface area contributed by atoms with Gasteiger partial charge in [0.1, 0.15) is 9.84 Å². The molecule has 4 heteroatoms. The summed E-state index contributed by atoms with van der Waals surface area (Å²) in [5.74, 6) is 0.252. The maximum atomic E-state index is 11.0. The van der Waals surface area contributed by atoms with Crippen LogP contribution in [0.25, 0.3) is 0 Å². The average Bonchev–Trinajstić information content (AvgIpc) is 2.34. The zero-order chi connectivity index (χ0) is 14.3. The van der Waals surface area contributed by atoms with Gasteiger partial charge >= 0.3 is 0 Å². The van der Waals surface area contributed by atoms with Crippen LogP contribution in [0.1, 0.15) is 43.9 Å². The van der Waals surface area contributed by atoms with Gasteiger partial charge in [0.2, 0.25) is 0 Å². The molecule has 0 spiro atoms. The van der Waals surface area contributed by atoms with E-state index in [0.717, 1.165) is 13.0 Å². The van der Waals surface area contributed by atoms with Crippen molar-refractivity contribution in [2.75, 3.05) is 18.6 Å². The number of sulfone groups is 1. The highest BCUT2D eigenvalue weighted by Gasteiger charge is 2.06. The fraction of sp³-hybridized carbons (Fsp3) is 0.600. The fourth-order valence-corrected chi connectivity index (χ4v) is 2.70. The number of hydrogen-bond acceptors (Lipinski definition) is 3. The summed E-state index contributed by atoms with van der Waals surface area (Å²) in [6, 6.07) is 8.91. The van der Waals surface area contributed by atoms with Gasteiger partial charge in [-0.15, -0.1) is 0 Å². The van der Waals surface area contributed by atoms with Crippen molar-refractivity contribution in [2.24, 2.45) is 0 Å². The van der Waals surface area contributed by atoms with E-state index in [0.29, 0.717) is 6.42 Å². The Labute approximate surface area is 117 Å². The van der Waals surface area contributed by atoms with Crippen molar-refractivity contribution >= 4 is 9.84 Å². The molecule has 0 bridgehead atoms. The van der Waals surface area contributed by atoms with Crippen LogP contribution in [0.4, 0.5) is 0 Å². The number of benzene rings is 1. The minimum absolute atomic E-state index is 0.252. The number of nitrogens with one attached hydrogen (secondary N) is 1. The molecule has 3 nitrogen and oxygen atoms in total. The summed E-state index contributed by atoms with van der Waals surface area (Å²) in [7, 11) is -2.84. The zero-order valence-electron chi connectivity index (χ0n) is 12.1. The van der Waals surface area contributed by atoms with E-state index in [1.54, 1.807) is 0 Å². The van der Waals surface area contributed by atoms with E-state index < -0.39 is 9.84 Å². The monoisotopic (exact) mass is 283 g/mol. The van der Waals surface area contributed by atoms with E-state index in [4.69, 9.17) is 0 Å². The molecule has 1 aromatic rings. The average molecular weight is 283 g/mol. The minimum Gasteiger partial charge on any atom is -0.310 e. The number of aryl methyl sites for hydroxylation is 1. The van der Waals surface area contributed by atoms with Crippen LogP contribution in [-0.4, -0.2) is 27.0 Å². The van der Waals surface area contributed by atoms with Gasteiger partial charge in [-0.2, -0.15) is 0 Å². The van der Waals surface area contributed by atoms with Gasteiger partial charge in [-0.1, -0.05) is 37.6 Å². The van der Waals surface area contributed by atoms with Crippen molar-refractivity contribution < 1.29 is 8.42 Å². The molecule has 108 valence electrons. The SMILES string of the molecule is CCCc1ccc(C(C)NCCCS(C)(=O)=O)cc1. The van der Waals surface area contributed by atoms with Gasteiger partial charge in [-0.05, 0) is 37.4 Å². The lowest BCUT2D eigenvalue weighted by molar-refractivity contribution is 0.562. The van der Waals surface area contributed by atoms with E-state index in [9.17, 15) is 8.42 Å². The molecule has 0 aliphatic rings. The molecule has 0 saturated carbocycles. The largest absolute Gasteiger partial charge is 0.310 e. The second kappa shape index (κ2) is 7.65.